The van der Waals surface area contributed by atoms with Crippen molar-refractivity contribution in [2.45, 2.75) is 13.6 Å². The Bertz CT molecular complexity index is 1400. The molecule has 8 heteroatoms. The van der Waals surface area contributed by atoms with Crippen molar-refractivity contribution in [3.63, 3.8) is 0 Å². The maximum absolute atomic E-state index is 13.4. The van der Waals surface area contributed by atoms with Crippen LogP contribution in [-0.2, 0) is 6.67 Å². The Morgan fingerprint density at radius 3 is 2.85 bits per heavy atom. The third-order valence-electron chi connectivity index (χ3n) is 5.37. The smallest absolute Gasteiger partial charge is 0.255 e. The highest BCUT2D eigenvalue weighted by atomic mass is 19.1. The van der Waals surface area contributed by atoms with Gasteiger partial charge in [0.15, 0.2) is 5.65 Å². The van der Waals surface area contributed by atoms with Crippen LogP contribution in [0.2, 0.25) is 0 Å². The summed E-state index contributed by atoms with van der Waals surface area (Å²) < 4.78 is 15.0. The zero-order valence-corrected chi connectivity index (χ0v) is 18.9. The Labute approximate surface area is 196 Å². The van der Waals surface area contributed by atoms with E-state index in [4.69, 9.17) is 0 Å². The standard InChI is InChI=1S/C26H24FN5O2/c1-18-5-6-21(14-20(18)7-8-23-17-28-25-4-3-9-29-32(23)25)26(34)30-22-12-19(16-27)13-24(15-22)31(2)10-11-33/h3-6,9,12-15,17,33H,10-11,16H2,1-2H3,(H,30,34). The van der Waals surface area contributed by atoms with Crippen LogP contribution in [0, 0.1) is 18.8 Å². The van der Waals surface area contributed by atoms with Crippen LogP contribution in [-0.4, -0.2) is 45.8 Å². The third-order valence-corrected chi connectivity index (χ3v) is 5.37. The molecule has 4 rings (SSSR count). The second kappa shape index (κ2) is 10.1. The summed E-state index contributed by atoms with van der Waals surface area (Å²) in [5.74, 6) is 5.86. The van der Waals surface area contributed by atoms with Crippen molar-refractivity contribution < 1.29 is 14.3 Å². The normalized spacial score (nSPS) is 10.6. The highest BCUT2D eigenvalue weighted by Crippen LogP contribution is 2.23. The molecule has 0 saturated heterocycles. The summed E-state index contributed by atoms with van der Waals surface area (Å²) in [6, 6.07) is 14.0. The first-order valence-electron chi connectivity index (χ1n) is 10.7. The molecule has 2 heterocycles. The van der Waals surface area contributed by atoms with E-state index in [0.717, 1.165) is 5.56 Å². The average molecular weight is 458 g/mol. The molecule has 172 valence electrons. The van der Waals surface area contributed by atoms with Gasteiger partial charge in [0.05, 0.1) is 12.8 Å². The molecule has 0 atom stereocenters. The molecule has 7 nitrogen and oxygen atoms in total. The number of carbonyl (C=O) groups is 1. The van der Waals surface area contributed by atoms with Crippen LogP contribution in [0.15, 0.2) is 60.9 Å². The van der Waals surface area contributed by atoms with Crippen LogP contribution >= 0.6 is 0 Å². The van der Waals surface area contributed by atoms with Gasteiger partial charge < -0.3 is 15.3 Å². The molecule has 0 aliphatic carbocycles. The first-order chi connectivity index (χ1) is 16.5. The monoisotopic (exact) mass is 457 g/mol. The molecule has 0 aliphatic heterocycles. The molecule has 2 aromatic carbocycles. The van der Waals surface area contributed by atoms with Gasteiger partial charge in [-0.05, 0) is 66.4 Å². The summed E-state index contributed by atoms with van der Waals surface area (Å²) in [4.78, 5) is 19.0. The lowest BCUT2D eigenvalue weighted by Gasteiger charge is -2.20. The van der Waals surface area contributed by atoms with Gasteiger partial charge in [0.2, 0.25) is 0 Å². The minimum absolute atomic E-state index is 0.0314. The van der Waals surface area contributed by atoms with Gasteiger partial charge in [0.25, 0.3) is 5.91 Å². The molecule has 34 heavy (non-hydrogen) atoms. The number of aliphatic hydroxyl groups is 1. The lowest BCUT2D eigenvalue weighted by atomic mass is 10.0. The average Bonchev–Trinajstić information content (AvgIpc) is 3.26. The summed E-state index contributed by atoms with van der Waals surface area (Å²) in [7, 11) is 1.79. The number of fused-ring (bicyclic) bond motifs is 1. The molecular weight excluding hydrogens is 433 g/mol. The van der Waals surface area contributed by atoms with Crippen molar-refractivity contribution in [3.8, 4) is 11.8 Å². The van der Waals surface area contributed by atoms with Crippen LogP contribution in [0.3, 0.4) is 0 Å². The largest absolute Gasteiger partial charge is 0.395 e. The van der Waals surface area contributed by atoms with Gasteiger partial charge in [-0.25, -0.2) is 13.9 Å². The molecule has 2 aromatic heterocycles. The van der Waals surface area contributed by atoms with Gasteiger partial charge in [0, 0.05) is 42.3 Å². The van der Waals surface area contributed by atoms with Crippen molar-refractivity contribution in [2.75, 3.05) is 30.4 Å². The first-order valence-corrected chi connectivity index (χ1v) is 10.7. The third kappa shape index (κ3) is 5.05. The number of halogens is 1. The van der Waals surface area contributed by atoms with Crippen LogP contribution in [0.5, 0.6) is 0 Å². The predicted octanol–water partition coefficient (Wildman–Crippen LogP) is 3.59. The minimum atomic E-state index is -0.661. The number of nitrogens with zero attached hydrogens (tertiary/aromatic N) is 4. The number of anilines is 2. The number of amides is 1. The molecular formula is C26H24FN5O2. The summed E-state index contributed by atoms with van der Waals surface area (Å²) in [5, 5.41) is 16.3. The second-order valence-corrected chi connectivity index (χ2v) is 7.84. The predicted molar refractivity (Wildman–Crippen MR) is 130 cm³/mol. The topological polar surface area (TPSA) is 82.8 Å². The molecule has 0 bridgehead atoms. The fraction of sp³-hybridized carbons (Fsp3) is 0.192. The fourth-order valence-corrected chi connectivity index (χ4v) is 3.47. The number of benzene rings is 2. The van der Waals surface area contributed by atoms with E-state index in [0.29, 0.717) is 46.0 Å². The van der Waals surface area contributed by atoms with Gasteiger partial charge in [-0.1, -0.05) is 12.0 Å². The van der Waals surface area contributed by atoms with E-state index in [1.165, 1.54) is 0 Å². The lowest BCUT2D eigenvalue weighted by molar-refractivity contribution is 0.102. The number of nitrogens with one attached hydrogen (secondary N) is 1. The van der Waals surface area contributed by atoms with E-state index in [1.807, 2.05) is 25.1 Å². The molecule has 0 fully saturated rings. The SMILES string of the molecule is Cc1ccc(C(=O)Nc2cc(CF)cc(N(C)CCO)c2)cc1C#Cc1cnc2cccnn12. The van der Waals surface area contributed by atoms with Crippen molar-refractivity contribution in [1.82, 2.24) is 14.6 Å². The van der Waals surface area contributed by atoms with Gasteiger partial charge in [-0.3, -0.25) is 4.79 Å². The quantitative estimate of drug-likeness (QED) is 0.433. The molecule has 0 radical (unpaired) electrons. The van der Waals surface area contributed by atoms with E-state index in [1.54, 1.807) is 59.2 Å². The second-order valence-electron chi connectivity index (χ2n) is 7.84. The number of hydrogen-bond donors (Lipinski definition) is 2. The van der Waals surface area contributed by atoms with Crippen molar-refractivity contribution >= 4 is 22.9 Å². The number of aryl methyl sites for hydroxylation is 1. The van der Waals surface area contributed by atoms with Gasteiger partial charge >= 0.3 is 0 Å². The number of imidazole rings is 1. The van der Waals surface area contributed by atoms with Crippen LogP contribution < -0.4 is 10.2 Å². The van der Waals surface area contributed by atoms with Gasteiger partial charge in [0.1, 0.15) is 12.4 Å². The summed E-state index contributed by atoms with van der Waals surface area (Å²) in [6.45, 7) is 1.62. The van der Waals surface area contributed by atoms with Crippen LogP contribution in [0.25, 0.3) is 5.65 Å². The lowest BCUT2D eigenvalue weighted by Crippen LogP contribution is -2.21. The highest BCUT2D eigenvalue weighted by molar-refractivity contribution is 6.04. The van der Waals surface area contributed by atoms with Crippen molar-refractivity contribution in [1.29, 1.82) is 0 Å². The Hall–Kier alpha value is -4.22. The number of alkyl halides is 1. The number of likely N-dealkylation sites (N-methyl/N-ethyl adjacent to an activating group) is 1. The fourth-order valence-electron chi connectivity index (χ4n) is 3.47. The summed E-state index contributed by atoms with van der Waals surface area (Å²) in [6.07, 6.45) is 3.32. The first kappa shape index (κ1) is 23.0. The molecule has 0 aliphatic rings. The zero-order valence-electron chi connectivity index (χ0n) is 18.9. The number of carbonyl (C=O) groups excluding carboxylic acids is 1. The van der Waals surface area contributed by atoms with E-state index in [-0.39, 0.29) is 12.5 Å². The molecule has 0 saturated carbocycles. The van der Waals surface area contributed by atoms with Gasteiger partial charge in [-0.15, -0.1) is 0 Å². The van der Waals surface area contributed by atoms with Gasteiger partial charge in [-0.2, -0.15) is 5.10 Å². The highest BCUT2D eigenvalue weighted by Gasteiger charge is 2.11. The van der Waals surface area contributed by atoms with Crippen LogP contribution in [0.4, 0.5) is 15.8 Å². The molecule has 4 aromatic rings. The molecule has 0 unspecified atom stereocenters. The zero-order chi connectivity index (χ0) is 24.1. The number of rotatable bonds is 6. The van der Waals surface area contributed by atoms with E-state index >= 15 is 0 Å². The number of hydrogen-bond acceptors (Lipinski definition) is 5. The summed E-state index contributed by atoms with van der Waals surface area (Å²) >= 11 is 0. The van der Waals surface area contributed by atoms with E-state index < -0.39 is 6.67 Å². The molecule has 2 N–H and O–H groups in total. The maximum atomic E-state index is 13.4. The Balaban J connectivity index is 1.59. The van der Waals surface area contributed by atoms with E-state index in [9.17, 15) is 14.3 Å². The van der Waals surface area contributed by atoms with Crippen molar-refractivity contribution in [3.05, 3.63) is 88.9 Å². The number of aliphatic hydroxyl groups excluding tert-OH is 1. The molecule has 0 spiro atoms. The maximum Gasteiger partial charge on any atom is 0.255 e. The van der Waals surface area contributed by atoms with Crippen molar-refractivity contribution in [2.24, 2.45) is 0 Å². The minimum Gasteiger partial charge on any atom is -0.395 e. The van der Waals surface area contributed by atoms with Crippen LogP contribution in [0.1, 0.15) is 32.7 Å². The Kier molecular flexibility index (Phi) is 6.85. The molecule has 1 amide bonds. The Morgan fingerprint density at radius 2 is 2.06 bits per heavy atom. The number of aromatic nitrogens is 3. The van der Waals surface area contributed by atoms with E-state index in [2.05, 4.69) is 27.2 Å². The summed E-state index contributed by atoms with van der Waals surface area (Å²) in [5.41, 5.74) is 5.04. The Morgan fingerprint density at radius 1 is 1.21 bits per heavy atom.